The molecule has 0 spiro atoms. The molecular formula is C9H11NO4. The molecule has 0 bridgehead atoms. The van der Waals surface area contributed by atoms with E-state index in [0.717, 1.165) is 0 Å². The summed E-state index contributed by atoms with van der Waals surface area (Å²) in [4.78, 5) is 10.3. The van der Waals surface area contributed by atoms with E-state index in [0.29, 0.717) is 11.3 Å². The molecule has 0 heterocycles. The van der Waals surface area contributed by atoms with Crippen LogP contribution in [-0.4, -0.2) is 19.1 Å². The lowest BCUT2D eigenvalue weighted by molar-refractivity contribution is -0.386. The van der Waals surface area contributed by atoms with Crippen LogP contribution in [0, 0.1) is 17.0 Å². The van der Waals surface area contributed by atoms with Gasteiger partial charge in [-0.15, -0.1) is 0 Å². The highest BCUT2D eigenvalue weighted by Crippen LogP contribution is 2.38. The second kappa shape index (κ2) is 3.95. The van der Waals surface area contributed by atoms with Crippen LogP contribution in [-0.2, 0) is 0 Å². The molecule has 0 aliphatic heterocycles. The molecule has 0 unspecified atom stereocenters. The maximum Gasteiger partial charge on any atom is 0.317 e. The SMILES string of the molecule is COc1ccc(C)c([N+](=O)[O-])c1OC. The van der Waals surface area contributed by atoms with Gasteiger partial charge in [0.05, 0.1) is 19.1 Å². The molecule has 0 aromatic heterocycles. The van der Waals surface area contributed by atoms with E-state index in [4.69, 9.17) is 9.47 Å². The van der Waals surface area contributed by atoms with Crippen molar-refractivity contribution in [3.05, 3.63) is 27.8 Å². The Labute approximate surface area is 81.4 Å². The molecule has 0 radical (unpaired) electrons. The molecule has 0 amide bonds. The van der Waals surface area contributed by atoms with Crippen LogP contribution in [0.3, 0.4) is 0 Å². The summed E-state index contributed by atoms with van der Waals surface area (Å²) in [5.74, 6) is 0.530. The van der Waals surface area contributed by atoms with Gasteiger partial charge in [-0.3, -0.25) is 10.1 Å². The van der Waals surface area contributed by atoms with Crippen molar-refractivity contribution < 1.29 is 14.4 Å². The maximum absolute atomic E-state index is 10.7. The summed E-state index contributed by atoms with van der Waals surface area (Å²) in [6, 6.07) is 3.26. The number of methoxy groups -OCH3 is 2. The predicted molar refractivity (Wildman–Crippen MR) is 50.9 cm³/mol. The van der Waals surface area contributed by atoms with Gasteiger partial charge in [0.2, 0.25) is 5.75 Å². The summed E-state index contributed by atoms with van der Waals surface area (Å²) < 4.78 is 9.90. The van der Waals surface area contributed by atoms with Crippen LogP contribution in [0.2, 0.25) is 0 Å². The Morgan fingerprint density at radius 3 is 2.36 bits per heavy atom. The van der Waals surface area contributed by atoms with Crippen LogP contribution in [0.1, 0.15) is 5.56 Å². The fourth-order valence-corrected chi connectivity index (χ4v) is 1.24. The Balaban J connectivity index is 3.42. The van der Waals surface area contributed by atoms with E-state index in [9.17, 15) is 10.1 Å². The van der Waals surface area contributed by atoms with Crippen molar-refractivity contribution in [3.63, 3.8) is 0 Å². The molecule has 1 rings (SSSR count). The van der Waals surface area contributed by atoms with Gasteiger partial charge in [-0.25, -0.2) is 0 Å². The smallest absolute Gasteiger partial charge is 0.317 e. The number of rotatable bonds is 3. The lowest BCUT2D eigenvalue weighted by atomic mass is 10.2. The van der Waals surface area contributed by atoms with Gasteiger partial charge in [0, 0.05) is 5.56 Å². The Morgan fingerprint density at radius 2 is 1.93 bits per heavy atom. The average molecular weight is 197 g/mol. The summed E-state index contributed by atoms with van der Waals surface area (Å²) in [7, 11) is 2.82. The van der Waals surface area contributed by atoms with E-state index in [1.807, 2.05) is 0 Å². The van der Waals surface area contributed by atoms with Crippen LogP contribution in [0.5, 0.6) is 11.5 Å². The Bertz CT molecular complexity index is 362. The molecule has 0 saturated carbocycles. The van der Waals surface area contributed by atoms with Crippen LogP contribution < -0.4 is 9.47 Å². The normalized spacial score (nSPS) is 9.64. The zero-order chi connectivity index (χ0) is 10.7. The van der Waals surface area contributed by atoms with Crippen molar-refractivity contribution in [3.8, 4) is 11.5 Å². The molecule has 0 aliphatic carbocycles. The molecule has 1 aromatic carbocycles. The number of nitro groups is 1. The lowest BCUT2D eigenvalue weighted by Gasteiger charge is -2.08. The van der Waals surface area contributed by atoms with E-state index < -0.39 is 4.92 Å². The number of hydrogen-bond donors (Lipinski definition) is 0. The quantitative estimate of drug-likeness (QED) is 0.548. The first kappa shape index (κ1) is 10.3. The molecule has 0 atom stereocenters. The number of benzene rings is 1. The third-order valence-corrected chi connectivity index (χ3v) is 1.90. The van der Waals surface area contributed by atoms with Crippen LogP contribution in [0.25, 0.3) is 0 Å². The minimum Gasteiger partial charge on any atom is -0.493 e. The van der Waals surface area contributed by atoms with Gasteiger partial charge in [0.15, 0.2) is 5.75 Å². The number of aryl methyl sites for hydroxylation is 1. The van der Waals surface area contributed by atoms with E-state index in [-0.39, 0.29) is 11.4 Å². The summed E-state index contributed by atoms with van der Waals surface area (Å²) in [6.45, 7) is 1.65. The summed E-state index contributed by atoms with van der Waals surface area (Å²) >= 11 is 0. The molecular weight excluding hydrogens is 186 g/mol. The second-order valence-corrected chi connectivity index (χ2v) is 2.72. The zero-order valence-electron chi connectivity index (χ0n) is 8.23. The molecule has 5 nitrogen and oxygen atoms in total. The average Bonchev–Trinajstić information content (AvgIpc) is 2.16. The van der Waals surface area contributed by atoms with E-state index in [1.165, 1.54) is 14.2 Å². The van der Waals surface area contributed by atoms with E-state index >= 15 is 0 Å². The summed E-state index contributed by atoms with van der Waals surface area (Å²) in [5.41, 5.74) is 0.500. The standard InChI is InChI=1S/C9H11NO4/c1-6-4-5-7(13-2)9(14-3)8(6)10(11)12/h4-5H,1-3H3. The topological polar surface area (TPSA) is 61.6 Å². The molecule has 76 valence electrons. The number of nitrogens with zero attached hydrogens (tertiary/aromatic N) is 1. The van der Waals surface area contributed by atoms with Gasteiger partial charge in [0.25, 0.3) is 0 Å². The van der Waals surface area contributed by atoms with Crippen molar-refractivity contribution in [2.45, 2.75) is 6.92 Å². The minimum absolute atomic E-state index is 0.0492. The van der Waals surface area contributed by atoms with Gasteiger partial charge < -0.3 is 9.47 Å². The predicted octanol–water partition coefficient (Wildman–Crippen LogP) is 1.92. The first-order valence-electron chi connectivity index (χ1n) is 3.97. The highest BCUT2D eigenvalue weighted by molar-refractivity contribution is 5.60. The Hall–Kier alpha value is -1.78. The van der Waals surface area contributed by atoms with E-state index in [1.54, 1.807) is 19.1 Å². The monoisotopic (exact) mass is 197 g/mol. The van der Waals surface area contributed by atoms with Gasteiger partial charge in [-0.05, 0) is 19.1 Å². The van der Waals surface area contributed by atoms with Crippen molar-refractivity contribution in [1.29, 1.82) is 0 Å². The summed E-state index contributed by atoms with van der Waals surface area (Å²) in [6.07, 6.45) is 0. The van der Waals surface area contributed by atoms with Crippen LogP contribution in [0.4, 0.5) is 5.69 Å². The molecule has 0 aliphatic rings. The first-order valence-corrected chi connectivity index (χ1v) is 3.97. The van der Waals surface area contributed by atoms with Crippen LogP contribution >= 0.6 is 0 Å². The van der Waals surface area contributed by atoms with Gasteiger partial charge in [0.1, 0.15) is 0 Å². The minimum atomic E-state index is -0.476. The van der Waals surface area contributed by atoms with Crippen molar-refractivity contribution >= 4 is 5.69 Å². The molecule has 0 fully saturated rings. The van der Waals surface area contributed by atoms with Gasteiger partial charge in [-0.1, -0.05) is 0 Å². The largest absolute Gasteiger partial charge is 0.493 e. The van der Waals surface area contributed by atoms with E-state index in [2.05, 4.69) is 0 Å². The Morgan fingerprint density at radius 1 is 1.29 bits per heavy atom. The fourth-order valence-electron chi connectivity index (χ4n) is 1.24. The number of nitro benzene ring substituents is 1. The highest BCUT2D eigenvalue weighted by Gasteiger charge is 2.22. The second-order valence-electron chi connectivity index (χ2n) is 2.72. The third-order valence-electron chi connectivity index (χ3n) is 1.90. The van der Waals surface area contributed by atoms with Crippen molar-refractivity contribution in [1.82, 2.24) is 0 Å². The first-order chi connectivity index (χ1) is 6.61. The van der Waals surface area contributed by atoms with Crippen LogP contribution in [0.15, 0.2) is 12.1 Å². The summed E-state index contributed by atoms with van der Waals surface area (Å²) in [5, 5.41) is 10.7. The van der Waals surface area contributed by atoms with Gasteiger partial charge in [-0.2, -0.15) is 0 Å². The number of hydrogen-bond acceptors (Lipinski definition) is 4. The molecule has 14 heavy (non-hydrogen) atoms. The Kier molecular flexibility index (Phi) is 2.91. The fraction of sp³-hybridized carbons (Fsp3) is 0.333. The third kappa shape index (κ3) is 1.61. The maximum atomic E-state index is 10.7. The van der Waals surface area contributed by atoms with Gasteiger partial charge >= 0.3 is 5.69 Å². The highest BCUT2D eigenvalue weighted by atomic mass is 16.6. The number of ether oxygens (including phenoxy) is 2. The molecule has 5 heteroatoms. The lowest BCUT2D eigenvalue weighted by Crippen LogP contribution is -1.98. The van der Waals surface area contributed by atoms with Crippen molar-refractivity contribution in [2.75, 3.05) is 14.2 Å². The zero-order valence-corrected chi connectivity index (χ0v) is 8.23. The molecule has 1 aromatic rings. The van der Waals surface area contributed by atoms with Crippen molar-refractivity contribution in [2.24, 2.45) is 0 Å². The molecule has 0 N–H and O–H groups in total. The molecule has 0 saturated heterocycles.